The zero-order valence-electron chi connectivity index (χ0n) is 12.8. The molecule has 2 rings (SSSR count). The van der Waals surface area contributed by atoms with Gasteiger partial charge in [0.15, 0.2) is 4.90 Å². The maximum absolute atomic E-state index is 13.9. The largest absolute Gasteiger partial charge is 0.468 e. The summed E-state index contributed by atoms with van der Waals surface area (Å²) in [5.41, 5.74) is 0.557. The molecule has 0 aliphatic heterocycles. The number of esters is 1. The Morgan fingerprint density at radius 1 is 1.04 bits per heavy atom. The maximum atomic E-state index is 13.9. The molecule has 0 bridgehead atoms. The summed E-state index contributed by atoms with van der Waals surface area (Å²) < 4.78 is 58.3. The highest BCUT2D eigenvalue weighted by molar-refractivity contribution is 7.89. The van der Waals surface area contributed by atoms with Crippen molar-refractivity contribution in [2.75, 3.05) is 13.7 Å². The monoisotopic (exact) mass is 355 g/mol. The van der Waals surface area contributed by atoms with E-state index in [1.54, 1.807) is 30.3 Å². The molecule has 8 heteroatoms. The Kier molecular flexibility index (Phi) is 5.63. The Morgan fingerprint density at radius 2 is 1.62 bits per heavy atom. The second-order valence-electron chi connectivity index (χ2n) is 4.89. The molecule has 5 nitrogen and oxygen atoms in total. The van der Waals surface area contributed by atoms with Gasteiger partial charge in [0, 0.05) is 6.54 Å². The lowest BCUT2D eigenvalue weighted by Crippen LogP contribution is -2.36. The minimum Gasteiger partial charge on any atom is -0.468 e. The van der Waals surface area contributed by atoms with Crippen LogP contribution in [0.25, 0.3) is 0 Å². The fraction of sp³-hybridized carbons (Fsp3) is 0.188. The highest BCUT2D eigenvalue weighted by Gasteiger charge is 2.32. The molecule has 128 valence electrons. The van der Waals surface area contributed by atoms with E-state index in [0.717, 1.165) is 25.3 Å². The van der Waals surface area contributed by atoms with Gasteiger partial charge in [-0.1, -0.05) is 36.4 Å². The summed E-state index contributed by atoms with van der Waals surface area (Å²) in [7, 11) is -3.49. The van der Waals surface area contributed by atoms with E-state index in [-0.39, 0.29) is 6.54 Å². The number of carbonyl (C=O) groups is 1. The standard InChI is InChI=1S/C16H15F2NO4S/c1-23-15(20)11-19(10-12-6-3-2-4-7-12)24(21,22)16-13(17)8-5-9-14(16)18/h2-9H,10-11H2,1H3. The van der Waals surface area contributed by atoms with Gasteiger partial charge < -0.3 is 4.74 Å². The van der Waals surface area contributed by atoms with Crippen LogP contribution >= 0.6 is 0 Å². The van der Waals surface area contributed by atoms with Crippen molar-refractivity contribution in [1.82, 2.24) is 4.31 Å². The van der Waals surface area contributed by atoms with Gasteiger partial charge in [0.25, 0.3) is 0 Å². The highest BCUT2D eigenvalue weighted by Crippen LogP contribution is 2.24. The quantitative estimate of drug-likeness (QED) is 0.746. The van der Waals surface area contributed by atoms with Crippen LogP contribution in [0.3, 0.4) is 0 Å². The zero-order valence-corrected chi connectivity index (χ0v) is 13.6. The first-order chi connectivity index (χ1) is 11.4. The Hall–Kier alpha value is -2.32. The van der Waals surface area contributed by atoms with Gasteiger partial charge in [-0.15, -0.1) is 0 Å². The van der Waals surface area contributed by atoms with Gasteiger partial charge in [-0.05, 0) is 17.7 Å². The van der Waals surface area contributed by atoms with Crippen LogP contribution < -0.4 is 0 Å². The highest BCUT2D eigenvalue weighted by atomic mass is 32.2. The van der Waals surface area contributed by atoms with E-state index in [9.17, 15) is 22.0 Å². The Labute approximate surface area is 138 Å². The summed E-state index contributed by atoms with van der Waals surface area (Å²) >= 11 is 0. The molecule has 2 aromatic rings. The molecule has 24 heavy (non-hydrogen) atoms. The van der Waals surface area contributed by atoms with Gasteiger partial charge in [0.2, 0.25) is 10.0 Å². The van der Waals surface area contributed by atoms with Crippen LogP contribution in [0.5, 0.6) is 0 Å². The van der Waals surface area contributed by atoms with Crippen LogP contribution in [0.4, 0.5) is 8.78 Å². The Morgan fingerprint density at radius 3 is 2.17 bits per heavy atom. The van der Waals surface area contributed by atoms with Crippen LogP contribution in [-0.4, -0.2) is 32.3 Å². The smallest absolute Gasteiger partial charge is 0.321 e. The predicted octanol–water partition coefficient (Wildman–Crippen LogP) is 2.33. The van der Waals surface area contributed by atoms with E-state index < -0.39 is 39.1 Å². The number of nitrogens with zero attached hydrogens (tertiary/aromatic N) is 1. The van der Waals surface area contributed by atoms with Crippen molar-refractivity contribution < 1.29 is 26.7 Å². The second kappa shape index (κ2) is 7.50. The summed E-state index contributed by atoms with van der Waals surface area (Å²) in [6, 6.07) is 11.1. The number of ether oxygens (including phenoxy) is 1. The van der Waals surface area contributed by atoms with Crippen molar-refractivity contribution in [2.24, 2.45) is 0 Å². The summed E-state index contributed by atoms with van der Waals surface area (Å²) in [6.45, 7) is -0.895. The maximum Gasteiger partial charge on any atom is 0.321 e. The van der Waals surface area contributed by atoms with Crippen LogP contribution in [-0.2, 0) is 26.1 Å². The molecule has 0 heterocycles. The summed E-state index contributed by atoms with van der Waals surface area (Å²) in [5.74, 6) is -3.29. The third-order valence-corrected chi connectivity index (χ3v) is 5.10. The van der Waals surface area contributed by atoms with Crippen molar-refractivity contribution in [3.63, 3.8) is 0 Å². The number of benzene rings is 2. The van der Waals surface area contributed by atoms with Gasteiger partial charge in [0.05, 0.1) is 7.11 Å². The Bertz CT molecular complexity index is 805. The molecular formula is C16H15F2NO4S. The SMILES string of the molecule is COC(=O)CN(Cc1ccccc1)S(=O)(=O)c1c(F)cccc1F. The number of hydrogen-bond donors (Lipinski definition) is 0. The van der Waals surface area contributed by atoms with E-state index in [0.29, 0.717) is 9.87 Å². The molecule has 0 saturated carbocycles. The van der Waals surface area contributed by atoms with E-state index in [1.165, 1.54) is 0 Å². The second-order valence-corrected chi connectivity index (χ2v) is 6.76. The number of hydrogen-bond acceptors (Lipinski definition) is 4. The minimum atomic E-state index is -4.58. The first-order valence-electron chi connectivity index (χ1n) is 6.91. The lowest BCUT2D eigenvalue weighted by molar-refractivity contribution is -0.140. The van der Waals surface area contributed by atoms with Crippen LogP contribution in [0.1, 0.15) is 5.56 Å². The van der Waals surface area contributed by atoms with Crippen molar-refractivity contribution in [2.45, 2.75) is 11.4 Å². The molecule has 0 amide bonds. The Balaban J connectivity index is 2.47. The van der Waals surface area contributed by atoms with Crippen LogP contribution in [0.15, 0.2) is 53.4 Å². The number of rotatable bonds is 6. The number of halogens is 2. The van der Waals surface area contributed by atoms with Crippen molar-refractivity contribution >= 4 is 16.0 Å². The van der Waals surface area contributed by atoms with E-state index >= 15 is 0 Å². The number of carbonyl (C=O) groups excluding carboxylic acids is 1. The summed E-state index contributed by atoms with van der Waals surface area (Å²) in [6.07, 6.45) is 0. The molecule has 0 aromatic heterocycles. The first-order valence-corrected chi connectivity index (χ1v) is 8.35. The van der Waals surface area contributed by atoms with Gasteiger partial charge in [-0.25, -0.2) is 17.2 Å². The lowest BCUT2D eigenvalue weighted by atomic mass is 10.2. The molecule has 0 aliphatic carbocycles. The van der Waals surface area contributed by atoms with Gasteiger partial charge in [0.1, 0.15) is 18.2 Å². The molecule has 0 saturated heterocycles. The zero-order chi connectivity index (χ0) is 17.7. The number of methoxy groups -OCH3 is 1. The van der Waals surface area contributed by atoms with E-state index in [2.05, 4.69) is 4.74 Å². The molecule has 0 radical (unpaired) electrons. The molecule has 0 spiro atoms. The fourth-order valence-corrected chi connectivity index (χ4v) is 3.56. The third kappa shape index (κ3) is 3.95. The lowest BCUT2D eigenvalue weighted by Gasteiger charge is -2.21. The molecule has 0 atom stereocenters. The third-order valence-electron chi connectivity index (χ3n) is 3.25. The van der Waals surface area contributed by atoms with Crippen molar-refractivity contribution in [1.29, 1.82) is 0 Å². The molecular weight excluding hydrogens is 340 g/mol. The predicted molar refractivity (Wildman–Crippen MR) is 82.4 cm³/mol. The van der Waals surface area contributed by atoms with Gasteiger partial charge >= 0.3 is 5.97 Å². The van der Waals surface area contributed by atoms with Crippen molar-refractivity contribution in [3.8, 4) is 0 Å². The average molecular weight is 355 g/mol. The first kappa shape index (κ1) is 18.0. The van der Waals surface area contributed by atoms with E-state index in [1.807, 2.05) is 0 Å². The molecule has 2 aromatic carbocycles. The summed E-state index contributed by atoms with van der Waals surface area (Å²) in [5, 5.41) is 0. The van der Waals surface area contributed by atoms with Crippen LogP contribution in [0, 0.1) is 11.6 Å². The van der Waals surface area contributed by atoms with Gasteiger partial charge in [-0.3, -0.25) is 4.79 Å². The molecule has 0 aliphatic rings. The fourth-order valence-electron chi connectivity index (χ4n) is 2.08. The normalized spacial score (nSPS) is 11.5. The minimum absolute atomic E-state index is 0.230. The molecule has 0 N–H and O–H groups in total. The van der Waals surface area contributed by atoms with Crippen molar-refractivity contribution in [3.05, 3.63) is 65.7 Å². The molecule has 0 unspecified atom stereocenters. The summed E-state index contributed by atoms with van der Waals surface area (Å²) in [4.78, 5) is 10.5. The molecule has 0 fully saturated rings. The van der Waals surface area contributed by atoms with Gasteiger partial charge in [-0.2, -0.15) is 4.31 Å². The topological polar surface area (TPSA) is 63.7 Å². The van der Waals surface area contributed by atoms with E-state index in [4.69, 9.17) is 0 Å². The average Bonchev–Trinajstić information content (AvgIpc) is 2.54. The number of sulfonamides is 1. The van der Waals surface area contributed by atoms with Crippen LogP contribution in [0.2, 0.25) is 0 Å².